The monoisotopic (exact) mass is 557 g/mol. The second-order valence-corrected chi connectivity index (χ2v) is 8.08. The Balaban J connectivity index is 0.00000153. The second kappa shape index (κ2) is 21.3. The van der Waals surface area contributed by atoms with Gasteiger partial charge >= 0.3 is 6.03 Å². The van der Waals surface area contributed by atoms with Crippen LogP contribution in [0.25, 0.3) is 10.9 Å². The molecule has 2 heterocycles. The maximum atomic E-state index is 12.7. The van der Waals surface area contributed by atoms with Crippen molar-refractivity contribution >= 4 is 28.4 Å². The average Bonchev–Trinajstić information content (AvgIpc) is 3.01. The second-order valence-electron chi connectivity index (χ2n) is 8.08. The van der Waals surface area contributed by atoms with Crippen molar-refractivity contribution in [3.63, 3.8) is 0 Å². The van der Waals surface area contributed by atoms with Gasteiger partial charge in [0.2, 0.25) is 0 Å². The molecule has 0 bridgehead atoms. The van der Waals surface area contributed by atoms with Crippen molar-refractivity contribution in [3.8, 4) is 11.5 Å². The highest BCUT2D eigenvalue weighted by atomic mass is 16.5. The minimum absolute atomic E-state index is 0.102. The first-order chi connectivity index (χ1) is 19.4. The molecule has 40 heavy (non-hydrogen) atoms. The van der Waals surface area contributed by atoms with Crippen LogP contribution >= 0.6 is 0 Å². The number of nitrogens with zero attached hydrogens (tertiary/aromatic N) is 4. The number of rotatable bonds is 5. The first kappa shape index (κ1) is 36.4. The van der Waals surface area contributed by atoms with Gasteiger partial charge in [-0.25, -0.2) is 14.8 Å². The van der Waals surface area contributed by atoms with Crippen LogP contribution in [0.3, 0.4) is 0 Å². The molecule has 2 aromatic carbocycles. The smallest absolute Gasteiger partial charge is 0.321 e. The summed E-state index contributed by atoms with van der Waals surface area (Å²) in [5.74, 6) is 2.44. The maximum absolute atomic E-state index is 12.7. The van der Waals surface area contributed by atoms with E-state index in [0.29, 0.717) is 26.2 Å². The number of hydrogen-bond acceptors (Lipinski definition) is 7. The third kappa shape index (κ3) is 11.7. The number of carbonyl (C=O) groups excluding carboxylic acids is 1. The van der Waals surface area contributed by atoms with Gasteiger partial charge in [-0.1, -0.05) is 41.5 Å². The lowest BCUT2D eigenvalue weighted by Gasteiger charge is -2.35. The van der Waals surface area contributed by atoms with Crippen LogP contribution in [0, 0.1) is 0 Å². The minimum Gasteiger partial charge on any atom is -0.497 e. The number of methoxy groups -OCH3 is 2. The molecule has 3 aromatic rings. The van der Waals surface area contributed by atoms with Gasteiger partial charge in [0.05, 0.1) is 18.7 Å². The van der Waals surface area contributed by atoms with Gasteiger partial charge in [-0.05, 0) is 50.2 Å². The SMILES string of the molecule is CC.CC.CC.COC.COc1ccc2c(N3CCN(C(=O)Nc4ccc(OC(C)C)cc4)CC3)ncnc2c1. The van der Waals surface area contributed by atoms with Gasteiger partial charge < -0.3 is 29.3 Å². The van der Waals surface area contributed by atoms with Crippen LogP contribution in [0.4, 0.5) is 16.3 Å². The lowest BCUT2D eigenvalue weighted by molar-refractivity contribution is 0.208. The fraction of sp³-hybridized carbons (Fsp3) is 0.516. The van der Waals surface area contributed by atoms with Crippen molar-refractivity contribution in [2.24, 2.45) is 0 Å². The van der Waals surface area contributed by atoms with Crippen molar-refractivity contribution in [3.05, 3.63) is 48.8 Å². The molecule has 1 N–H and O–H groups in total. The molecular weight excluding hydrogens is 506 g/mol. The Labute approximate surface area is 241 Å². The largest absolute Gasteiger partial charge is 0.497 e. The molecular formula is C31H51N5O4. The van der Waals surface area contributed by atoms with E-state index in [0.717, 1.165) is 33.9 Å². The van der Waals surface area contributed by atoms with Gasteiger partial charge in [-0.15, -0.1) is 0 Å². The van der Waals surface area contributed by atoms with E-state index in [1.807, 2.05) is 103 Å². The summed E-state index contributed by atoms with van der Waals surface area (Å²) in [6.07, 6.45) is 1.69. The number of ether oxygens (including phenoxy) is 3. The maximum Gasteiger partial charge on any atom is 0.321 e. The molecule has 4 rings (SSSR count). The van der Waals surface area contributed by atoms with Crippen LogP contribution in [0.15, 0.2) is 48.8 Å². The van der Waals surface area contributed by atoms with Gasteiger partial charge in [-0.2, -0.15) is 0 Å². The van der Waals surface area contributed by atoms with Crippen molar-refractivity contribution < 1.29 is 19.0 Å². The van der Waals surface area contributed by atoms with E-state index in [4.69, 9.17) is 9.47 Å². The molecule has 0 radical (unpaired) electrons. The van der Waals surface area contributed by atoms with Gasteiger partial charge in [0.25, 0.3) is 0 Å². The molecule has 2 amide bonds. The zero-order chi connectivity index (χ0) is 30.5. The third-order valence-corrected chi connectivity index (χ3v) is 5.17. The number of amides is 2. The highest BCUT2D eigenvalue weighted by Crippen LogP contribution is 2.27. The molecule has 0 aliphatic carbocycles. The standard InChI is InChI=1S/C23H27N5O3.C2H6O.3C2H6/c1-16(2)31-18-6-4-17(5-7-18)26-23(29)28-12-10-27(11-13-28)22-20-9-8-19(30-3)14-21(20)24-15-25-22;1-3-2;3*1-2/h4-9,14-16H,10-13H2,1-3H3,(H,26,29);1-2H3;3*1-2H3. The van der Waals surface area contributed by atoms with Crippen LogP contribution < -0.4 is 19.7 Å². The van der Waals surface area contributed by atoms with Crippen LogP contribution in [-0.2, 0) is 4.74 Å². The average molecular weight is 558 g/mol. The number of fused-ring (bicyclic) bond motifs is 1. The Morgan fingerprint density at radius 3 is 1.90 bits per heavy atom. The summed E-state index contributed by atoms with van der Waals surface area (Å²) in [6.45, 7) is 18.6. The Hall–Kier alpha value is -3.59. The van der Waals surface area contributed by atoms with Crippen molar-refractivity contribution in [2.45, 2.75) is 61.5 Å². The van der Waals surface area contributed by atoms with E-state index in [-0.39, 0.29) is 12.1 Å². The van der Waals surface area contributed by atoms with E-state index in [9.17, 15) is 4.79 Å². The van der Waals surface area contributed by atoms with E-state index >= 15 is 0 Å². The quantitative estimate of drug-likeness (QED) is 0.357. The zero-order valence-corrected chi connectivity index (χ0v) is 26.4. The molecule has 0 saturated carbocycles. The van der Waals surface area contributed by atoms with Gasteiger partial charge in [0.1, 0.15) is 23.6 Å². The summed E-state index contributed by atoms with van der Waals surface area (Å²) in [5.41, 5.74) is 1.59. The molecule has 9 heteroatoms. The molecule has 1 aliphatic rings. The van der Waals surface area contributed by atoms with Crippen LogP contribution in [0.2, 0.25) is 0 Å². The molecule has 1 aliphatic heterocycles. The summed E-state index contributed by atoms with van der Waals surface area (Å²) in [5, 5.41) is 3.94. The van der Waals surface area contributed by atoms with Crippen LogP contribution in [-0.4, -0.2) is 74.5 Å². The Morgan fingerprint density at radius 1 is 0.825 bits per heavy atom. The highest BCUT2D eigenvalue weighted by Gasteiger charge is 2.23. The highest BCUT2D eigenvalue weighted by molar-refractivity contribution is 5.91. The zero-order valence-electron chi connectivity index (χ0n) is 26.4. The normalized spacial score (nSPS) is 11.8. The number of aromatic nitrogens is 2. The van der Waals surface area contributed by atoms with E-state index in [1.165, 1.54) is 0 Å². The lowest BCUT2D eigenvalue weighted by Crippen LogP contribution is -2.50. The Bertz CT molecular complexity index is 1070. The first-order valence-electron chi connectivity index (χ1n) is 14.2. The number of hydrogen-bond donors (Lipinski definition) is 1. The topological polar surface area (TPSA) is 89.1 Å². The van der Waals surface area contributed by atoms with Crippen LogP contribution in [0.1, 0.15) is 55.4 Å². The Morgan fingerprint density at radius 2 is 1.38 bits per heavy atom. The van der Waals surface area contributed by atoms with Gasteiger partial charge in [0, 0.05) is 57.5 Å². The summed E-state index contributed by atoms with van der Waals surface area (Å²) in [6, 6.07) is 13.1. The molecule has 0 spiro atoms. The van der Waals surface area contributed by atoms with Crippen molar-refractivity contribution in [1.29, 1.82) is 0 Å². The van der Waals surface area contributed by atoms with E-state index in [2.05, 4.69) is 24.9 Å². The third-order valence-electron chi connectivity index (χ3n) is 5.17. The summed E-state index contributed by atoms with van der Waals surface area (Å²) in [7, 11) is 4.89. The fourth-order valence-electron chi connectivity index (χ4n) is 3.61. The predicted octanol–water partition coefficient (Wildman–Crippen LogP) is 7.12. The number of nitrogens with one attached hydrogen (secondary N) is 1. The molecule has 0 atom stereocenters. The van der Waals surface area contributed by atoms with Gasteiger partial charge in [-0.3, -0.25) is 0 Å². The molecule has 1 saturated heterocycles. The number of benzene rings is 2. The van der Waals surface area contributed by atoms with Crippen molar-refractivity contribution in [1.82, 2.24) is 14.9 Å². The molecule has 224 valence electrons. The first-order valence-corrected chi connectivity index (χ1v) is 14.2. The Kier molecular flexibility index (Phi) is 19.4. The van der Waals surface area contributed by atoms with Crippen LogP contribution in [0.5, 0.6) is 11.5 Å². The van der Waals surface area contributed by atoms with E-state index < -0.39 is 0 Å². The molecule has 1 aromatic heterocycles. The number of piperazine rings is 1. The molecule has 0 unspecified atom stereocenters. The molecule has 9 nitrogen and oxygen atoms in total. The molecule has 1 fully saturated rings. The number of carbonyl (C=O) groups is 1. The van der Waals surface area contributed by atoms with Crippen molar-refractivity contribution in [2.75, 3.05) is 57.7 Å². The lowest BCUT2D eigenvalue weighted by atomic mass is 10.2. The van der Waals surface area contributed by atoms with Gasteiger partial charge in [0.15, 0.2) is 0 Å². The number of urea groups is 1. The summed E-state index contributed by atoms with van der Waals surface area (Å²) < 4.78 is 15.2. The minimum atomic E-state index is -0.102. The summed E-state index contributed by atoms with van der Waals surface area (Å²) in [4.78, 5) is 25.5. The fourth-order valence-corrected chi connectivity index (χ4v) is 3.61. The van der Waals surface area contributed by atoms with E-state index in [1.54, 1.807) is 27.7 Å². The number of anilines is 2. The summed E-state index contributed by atoms with van der Waals surface area (Å²) >= 11 is 0. The predicted molar refractivity (Wildman–Crippen MR) is 168 cm³/mol.